The molecule has 1 aliphatic rings. The van der Waals surface area contributed by atoms with Gasteiger partial charge in [0.1, 0.15) is 0 Å². The minimum Gasteiger partial charge on any atom is -0.378 e. The molecule has 0 fully saturated rings. The fraction of sp³-hybridized carbons (Fsp3) is 0.286. The monoisotopic (exact) mass is 365 g/mol. The third-order valence-electron chi connectivity index (χ3n) is 4.51. The van der Waals surface area contributed by atoms with E-state index in [-0.39, 0.29) is 0 Å². The van der Waals surface area contributed by atoms with Crippen LogP contribution in [0.2, 0.25) is 0 Å². The van der Waals surface area contributed by atoms with E-state index in [2.05, 4.69) is 77.3 Å². The van der Waals surface area contributed by atoms with Gasteiger partial charge in [-0.05, 0) is 31.8 Å². The quantitative estimate of drug-likeness (QED) is 0.478. The van der Waals surface area contributed by atoms with Crippen LogP contribution in [-0.2, 0) is 11.3 Å². The minimum absolute atomic E-state index is 0.666. The van der Waals surface area contributed by atoms with Gasteiger partial charge in [0.2, 0.25) is 0 Å². The van der Waals surface area contributed by atoms with Gasteiger partial charge in [-0.25, -0.2) is 0 Å². The standard InChI is InChI=1S/C21H23N3OS/c1-23(2)11-13-25-14-12-24-21-17-8-4-6-10-20(17)26-19-9-5-3-7-16(19)18(21)15-22-24/h3-10,15H,11-14H2,1-2H3. The van der Waals surface area contributed by atoms with Gasteiger partial charge in [-0.3, -0.25) is 4.68 Å². The fourth-order valence-electron chi connectivity index (χ4n) is 3.18. The summed E-state index contributed by atoms with van der Waals surface area (Å²) >= 11 is 1.83. The lowest BCUT2D eigenvalue weighted by Gasteiger charge is -2.12. The number of hydrogen-bond acceptors (Lipinski definition) is 4. The van der Waals surface area contributed by atoms with Crippen LogP contribution in [0.5, 0.6) is 0 Å². The lowest BCUT2D eigenvalue weighted by atomic mass is 10.0. The summed E-state index contributed by atoms with van der Waals surface area (Å²) in [5.41, 5.74) is 4.89. The molecule has 4 rings (SSSR count). The topological polar surface area (TPSA) is 30.3 Å². The average molecular weight is 366 g/mol. The minimum atomic E-state index is 0.666. The van der Waals surface area contributed by atoms with Gasteiger partial charge >= 0.3 is 0 Å². The zero-order chi connectivity index (χ0) is 17.9. The van der Waals surface area contributed by atoms with Crippen LogP contribution in [0.25, 0.3) is 22.4 Å². The van der Waals surface area contributed by atoms with Crippen molar-refractivity contribution in [2.45, 2.75) is 16.3 Å². The molecule has 26 heavy (non-hydrogen) atoms. The average Bonchev–Trinajstić information content (AvgIpc) is 2.99. The van der Waals surface area contributed by atoms with Crippen LogP contribution >= 0.6 is 11.8 Å². The highest BCUT2D eigenvalue weighted by molar-refractivity contribution is 7.99. The number of likely N-dealkylation sites (N-methyl/N-ethyl adjacent to an activating group) is 1. The molecule has 4 nitrogen and oxygen atoms in total. The molecule has 3 aromatic rings. The van der Waals surface area contributed by atoms with E-state index >= 15 is 0 Å². The Bertz CT molecular complexity index is 904. The molecule has 134 valence electrons. The lowest BCUT2D eigenvalue weighted by Crippen LogP contribution is -2.19. The number of benzene rings is 2. The summed E-state index contributed by atoms with van der Waals surface area (Å²) in [4.78, 5) is 4.68. The van der Waals surface area contributed by atoms with Crippen molar-refractivity contribution in [2.24, 2.45) is 0 Å². The Hall–Kier alpha value is -2.08. The highest BCUT2D eigenvalue weighted by atomic mass is 32.2. The molecular formula is C21H23N3OS. The molecule has 0 amide bonds. The van der Waals surface area contributed by atoms with E-state index < -0.39 is 0 Å². The Morgan fingerprint density at radius 1 is 0.923 bits per heavy atom. The largest absolute Gasteiger partial charge is 0.378 e. The van der Waals surface area contributed by atoms with E-state index in [1.807, 2.05) is 18.0 Å². The third kappa shape index (κ3) is 3.43. The molecule has 0 spiro atoms. The summed E-state index contributed by atoms with van der Waals surface area (Å²) in [7, 11) is 4.12. The summed E-state index contributed by atoms with van der Waals surface area (Å²) in [6, 6.07) is 17.2. The normalized spacial score (nSPS) is 12.4. The van der Waals surface area contributed by atoms with Crippen molar-refractivity contribution in [2.75, 3.05) is 33.9 Å². The van der Waals surface area contributed by atoms with Crippen LogP contribution < -0.4 is 0 Å². The van der Waals surface area contributed by atoms with E-state index in [4.69, 9.17) is 4.74 Å². The van der Waals surface area contributed by atoms with Crippen LogP contribution in [0.4, 0.5) is 0 Å². The molecular weight excluding hydrogens is 342 g/mol. The second kappa shape index (κ2) is 7.66. The lowest BCUT2D eigenvalue weighted by molar-refractivity contribution is 0.109. The fourth-order valence-corrected chi connectivity index (χ4v) is 4.28. The molecule has 0 atom stereocenters. The highest BCUT2D eigenvalue weighted by Crippen LogP contribution is 2.47. The van der Waals surface area contributed by atoms with Crippen LogP contribution in [0.15, 0.2) is 64.5 Å². The Labute approximate surface area is 158 Å². The van der Waals surface area contributed by atoms with Crippen molar-refractivity contribution >= 4 is 11.8 Å². The van der Waals surface area contributed by atoms with Gasteiger partial charge in [0.15, 0.2) is 0 Å². The first kappa shape index (κ1) is 17.3. The van der Waals surface area contributed by atoms with Gasteiger partial charge in [0.25, 0.3) is 0 Å². The summed E-state index contributed by atoms with van der Waals surface area (Å²) in [5.74, 6) is 0. The first-order valence-corrected chi connectivity index (χ1v) is 9.70. The van der Waals surface area contributed by atoms with Crippen molar-refractivity contribution in [3.63, 3.8) is 0 Å². The molecule has 0 N–H and O–H groups in total. The number of aromatic nitrogens is 2. The van der Waals surface area contributed by atoms with Crippen LogP contribution in [0.3, 0.4) is 0 Å². The summed E-state index contributed by atoms with van der Waals surface area (Å²) in [5, 5.41) is 4.69. The third-order valence-corrected chi connectivity index (χ3v) is 5.66. The smallest absolute Gasteiger partial charge is 0.0773 e. The molecule has 1 aromatic heterocycles. The Balaban J connectivity index is 1.67. The molecule has 0 saturated carbocycles. The number of fused-ring (bicyclic) bond motifs is 5. The van der Waals surface area contributed by atoms with Gasteiger partial charge in [0.05, 0.1) is 31.6 Å². The number of ether oxygens (including phenoxy) is 1. The maximum absolute atomic E-state index is 5.79. The molecule has 2 heterocycles. The van der Waals surface area contributed by atoms with Gasteiger partial charge < -0.3 is 9.64 Å². The van der Waals surface area contributed by atoms with Gasteiger partial charge in [0, 0.05) is 27.5 Å². The predicted molar refractivity (Wildman–Crippen MR) is 107 cm³/mol. The van der Waals surface area contributed by atoms with Crippen molar-refractivity contribution in [1.29, 1.82) is 0 Å². The zero-order valence-corrected chi connectivity index (χ0v) is 16.0. The molecule has 5 heteroatoms. The summed E-state index contributed by atoms with van der Waals surface area (Å²) < 4.78 is 7.88. The first-order chi connectivity index (χ1) is 12.7. The van der Waals surface area contributed by atoms with E-state index in [1.165, 1.54) is 32.2 Å². The van der Waals surface area contributed by atoms with E-state index in [0.29, 0.717) is 6.61 Å². The zero-order valence-electron chi connectivity index (χ0n) is 15.2. The second-order valence-corrected chi connectivity index (χ2v) is 7.72. The van der Waals surface area contributed by atoms with Crippen molar-refractivity contribution in [1.82, 2.24) is 14.7 Å². The van der Waals surface area contributed by atoms with Gasteiger partial charge in [-0.2, -0.15) is 5.10 Å². The van der Waals surface area contributed by atoms with Crippen LogP contribution in [-0.4, -0.2) is 48.5 Å². The number of nitrogens with zero attached hydrogens (tertiary/aromatic N) is 3. The SMILES string of the molecule is CN(C)CCOCCn1ncc2c1-c1ccccc1Sc1ccccc1-2. The molecule has 2 aromatic carbocycles. The van der Waals surface area contributed by atoms with Crippen LogP contribution in [0.1, 0.15) is 0 Å². The molecule has 0 bridgehead atoms. The van der Waals surface area contributed by atoms with E-state index in [0.717, 1.165) is 19.7 Å². The van der Waals surface area contributed by atoms with E-state index in [1.54, 1.807) is 0 Å². The van der Waals surface area contributed by atoms with Gasteiger partial charge in [-0.1, -0.05) is 48.2 Å². The van der Waals surface area contributed by atoms with Crippen LogP contribution in [0, 0.1) is 0 Å². The first-order valence-electron chi connectivity index (χ1n) is 8.89. The molecule has 0 radical (unpaired) electrons. The predicted octanol–water partition coefficient (Wildman–Crippen LogP) is 4.26. The van der Waals surface area contributed by atoms with E-state index in [9.17, 15) is 0 Å². The molecule has 1 aliphatic heterocycles. The maximum atomic E-state index is 5.79. The van der Waals surface area contributed by atoms with Crippen molar-refractivity contribution < 1.29 is 4.74 Å². The second-order valence-electron chi connectivity index (χ2n) is 6.64. The summed E-state index contributed by atoms with van der Waals surface area (Å²) in [6.45, 7) is 3.10. The molecule has 0 aliphatic carbocycles. The maximum Gasteiger partial charge on any atom is 0.0773 e. The Morgan fingerprint density at radius 3 is 2.38 bits per heavy atom. The molecule has 0 unspecified atom stereocenters. The number of hydrogen-bond donors (Lipinski definition) is 0. The molecule has 0 saturated heterocycles. The van der Waals surface area contributed by atoms with Crippen molar-refractivity contribution in [3.05, 3.63) is 54.7 Å². The van der Waals surface area contributed by atoms with Crippen molar-refractivity contribution in [3.8, 4) is 22.4 Å². The number of rotatable bonds is 6. The van der Waals surface area contributed by atoms with Gasteiger partial charge in [-0.15, -0.1) is 0 Å². The highest BCUT2D eigenvalue weighted by Gasteiger charge is 2.23. The Morgan fingerprint density at radius 2 is 1.62 bits per heavy atom. The summed E-state index contributed by atoms with van der Waals surface area (Å²) in [6.07, 6.45) is 2.00. The Kier molecular flexibility index (Phi) is 5.11.